The van der Waals surface area contributed by atoms with Crippen molar-refractivity contribution >= 4 is 109 Å². The van der Waals surface area contributed by atoms with Crippen molar-refractivity contribution in [1.29, 1.82) is 0 Å². The summed E-state index contributed by atoms with van der Waals surface area (Å²) in [5, 5.41) is 17.0. The molecule has 3 nitrogen and oxygen atoms in total. The van der Waals surface area contributed by atoms with Gasteiger partial charge in [0.1, 0.15) is 11.6 Å². The van der Waals surface area contributed by atoms with E-state index >= 15 is 0 Å². The van der Waals surface area contributed by atoms with Gasteiger partial charge in [0.25, 0.3) is 0 Å². The summed E-state index contributed by atoms with van der Waals surface area (Å²) >= 11 is 0. The van der Waals surface area contributed by atoms with Gasteiger partial charge in [-0.1, -0.05) is 397 Å². The molecule has 0 saturated carbocycles. The summed E-state index contributed by atoms with van der Waals surface area (Å²) < 4.78 is 6.28. The number of anilines is 1. The summed E-state index contributed by atoms with van der Waals surface area (Å²) in [5.74, 6) is 1.48. The van der Waals surface area contributed by atoms with Crippen LogP contribution in [0.4, 0.5) is 5.82 Å². The Morgan fingerprint density at radius 1 is 0.265 bits per heavy atom. The number of aromatic nitrogens is 1. The van der Waals surface area contributed by atoms with E-state index in [1.807, 2.05) is 36.4 Å². The van der Waals surface area contributed by atoms with Gasteiger partial charge in [-0.05, 0) is 143 Å². The molecule has 0 saturated heterocycles. The van der Waals surface area contributed by atoms with E-state index in [1.165, 1.54) is 63.7 Å². The van der Waals surface area contributed by atoms with E-state index in [2.05, 4.69) is 403 Å². The van der Waals surface area contributed by atoms with Crippen LogP contribution in [0.1, 0.15) is 20.8 Å². The number of pyridine rings is 1. The molecule has 9 heteroatoms. The van der Waals surface area contributed by atoms with Crippen LogP contribution in [-0.2, 0) is 20.4 Å². The zero-order chi connectivity index (χ0) is 67.3. The van der Waals surface area contributed by atoms with Gasteiger partial charge >= 0.3 is 0 Å². The molecule has 0 unspecified atom stereocenters. The number of benzene rings is 13. The number of hydrogen-bond donors (Lipinski definition) is 1. The summed E-state index contributed by atoms with van der Waals surface area (Å²) in [4.78, 5) is 4.12. The fraction of sp³-hybridized carbons (Fsp3) is 0.0674. The fourth-order valence-corrected chi connectivity index (χ4v) is 20.8. The average Bonchev–Trinajstić information content (AvgIpc) is 0.900. The van der Waals surface area contributed by atoms with Crippen LogP contribution in [0.15, 0.2) is 407 Å². The number of nitrogens with zero attached hydrogens (tertiary/aromatic N) is 1. The first-order valence-corrected chi connectivity index (χ1v) is 41.1. The molecule has 2 N–H and O–H groups in total. The van der Waals surface area contributed by atoms with Crippen molar-refractivity contribution in [2.24, 2.45) is 0 Å². The molecule has 0 aliphatic rings. The van der Waals surface area contributed by atoms with E-state index in [4.69, 9.17) is 10.2 Å². The van der Waals surface area contributed by atoms with E-state index < -0.39 is 40.0 Å². The van der Waals surface area contributed by atoms with Gasteiger partial charge in [0.2, 0.25) is 8.32 Å². The Morgan fingerprint density at radius 3 is 0.612 bits per heavy atom. The third-order valence-corrected chi connectivity index (χ3v) is 30.5. The largest absolute Gasteiger partial charge is 0.544 e. The molecule has 1 heterocycles. The van der Waals surface area contributed by atoms with Crippen LogP contribution >= 0.6 is 31.7 Å². The van der Waals surface area contributed by atoms with Crippen LogP contribution in [0.3, 0.4) is 0 Å². The zero-order valence-electron chi connectivity index (χ0n) is 56.2. The van der Waals surface area contributed by atoms with Gasteiger partial charge in [0.15, 0.2) is 0 Å². The monoisotopic (exact) mass is 1450 g/mol. The minimum atomic E-state index is -1.79. The average molecular weight is 1460 g/mol. The maximum absolute atomic E-state index is 6.28. The van der Waals surface area contributed by atoms with E-state index in [0.29, 0.717) is 5.82 Å². The summed E-state index contributed by atoms with van der Waals surface area (Å²) in [5.41, 5.74) is 7.93. The van der Waals surface area contributed by atoms with Gasteiger partial charge in [0, 0.05) is 32.2 Å². The van der Waals surface area contributed by atoms with Crippen LogP contribution in [0.25, 0.3) is 11.1 Å². The van der Waals surface area contributed by atoms with Crippen LogP contribution in [0.2, 0.25) is 18.1 Å². The molecule has 14 rings (SSSR count). The van der Waals surface area contributed by atoms with Crippen molar-refractivity contribution in [3.05, 3.63) is 407 Å². The van der Waals surface area contributed by atoms with Gasteiger partial charge in [-0.15, -0.1) is 0 Å². The Bertz CT molecular complexity index is 3620. The van der Waals surface area contributed by atoms with Gasteiger partial charge in [-0.2, -0.15) is 0 Å². The SMILES string of the molecule is CC(C)(C)[Si](C)(C)Oc1ccc(-c2cccnc2N)cc1.[Pd].c1ccc(P(c2ccccc2)c2ccccc2)cc1.c1ccc(P(c2ccccc2)c2ccccc2)cc1.c1ccc(P(c2ccccc2)c2ccccc2)cc1.c1ccc(P(c2ccccc2)c2ccccc2)cc1. The molecular weight excluding hydrogens is 1370 g/mol. The summed E-state index contributed by atoms with van der Waals surface area (Å²) in [6.07, 6.45) is 1.70. The molecule has 98 heavy (non-hydrogen) atoms. The predicted octanol–water partition coefficient (Wildman–Crippen LogP) is 18.5. The molecule has 0 spiro atoms. The molecule has 490 valence electrons. The van der Waals surface area contributed by atoms with E-state index in [9.17, 15) is 0 Å². The van der Waals surface area contributed by atoms with Gasteiger partial charge in [-0.25, -0.2) is 4.98 Å². The summed E-state index contributed by atoms with van der Waals surface area (Å²) in [6, 6.07) is 141. The Hall–Kier alpha value is -8.79. The Labute approximate surface area is 602 Å². The maximum Gasteiger partial charge on any atom is 0.250 e. The number of hydrogen-bond acceptors (Lipinski definition) is 3. The van der Waals surface area contributed by atoms with E-state index in [1.54, 1.807) is 6.20 Å². The summed E-state index contributed by atoms with van der Waals surface area (Å²) in [6.45, 7) is 11.2. The van der Waals surface area contributed by atoms with Crippen molar-refractivity contribution in [3.8, 4) is 16.9 Å². The first kappa shape index (κ1) is 73.5. The summed E-state index contributed by atoms with van der Waals surface area (Å²) in [7, 11) is -3.57. The standard InChI is InChI=1S/4C18H15P.C17H24N2OSi.Pd/c4*1-4-10-16(11-5-1)19(17-12-6-2-7-13-17)18-14-8-3-9-15-18;1-17(2,3)21(4,5)20-14-10-8-13(9-11-14)15-7-6-12-19-16(15)18;/h4*1-15H;6-12H,1-5H3,(H2,18,19);. The minimum absolute atomic E-state index is 0. The van der Waals surface area contributed by atoms with E-state index in [0.717, 1.165) is 16.9 Å². The molecule has 0 fully saturated rings. The second-order valence-electron chi connectivity index (χ2n) is 24.2. The fourth-order valence-electron chi connectivity index (χ4n) is 10.5. The minimum Gasteiger partial charge on any atom is -0.544 e. The predicted molar refractivity (Wildman–Crippen MR) is 433 cm³/mol. The quantitative estimate of drug-likeness (QED) is 0.0822. The van der Waals surface area contributed by atoms with Crippen LogP contribution in [0, 0.1) is 0 Å². The van der Waals surface area contributed by atoms with Crippen molar-refractivity contribution in [3.63, 3.8) is 0 Å². The smallest absolute Gasteiger partial charge is 0.250 e. The Balaban J connectivity index is 0.000000143. The van der Waals surface area contributed by atoms with Gasteiger partial charge in [0.05, 0.1) is 0 Å². The first-order chi connectivity index (χ1) is 47.5. The van der Waals surface area contributed by atoms with E-state index in [-0.39, 0.29) is 25.5 Å². The molecular formula is C89H84N2OP4PdSi. The van der Waals surface area contributed by atoms with Crippen molar-refractivity contribution in [2.75, 3.05) is 5.73 Å². The molecule has 0 amide bonds. The topological polar surface area (TPSA) is 48.1 Å². The molecule has 14 aromatic rings. The Kier molecular flexibility index (Phi) is 28.8. The van der Waals surface area contributed by atoms with Crippen LogP contribution < -0.4 is 73.8 Å². The van der Waals surface area contributed by atoms with Gasteiger partial charge < -0.3 is 10.2 Å². The number of nitrogens with two attached hydrogens (primary N) is 1. The first-order valence-electron chi connectivity index (χ1n) is 32.8. The second-order valence-corrected chi connectivity index (χ2v) is 37.8. The van der Waals surface area contributed by atoms with Crippen molar-refractivity contribution in [2.45, 2.75) is 38.9 Å². The number of rotatable bonds is 15. The molecule has 0 aliphatic carbocycles. The Morgan fingerprint density at radius 2 is 0.449 bits per heavy atom. The zero-order valence-corrected chi connectivity index (χ0v) is 62.4. The molecule has 0 atom stereocenters. The molecule has 1 aromatic heterocycles. The molecule has 0 aliphatic heterocycles. The van der Waals surface area contributed by atoms with Crippen LogP contribution in [-0.4, -0.2) is 13.3 Å². The maximum atomic E-state index is 6.28. The third kappa shape index (κ3) is 21.4. The van der Waals surface area contributed by atoms with Crippen molar-refractivity contribution in [1.82, 2.24) is 4.98 Å². The van der Waals surface area contributed by atoms with Crippen LogP contribution in [0.5, 0.6) is 5.75 Å². The van der Waals surface area contributed by atoms with Gasteiger partial charge in [-0.3, -0.25) is 0 Å². The molecule has 13 aromatic carbocycles. The molecule has 0 radical (unpaired) electrons. The molecule has 0 bridgehead atoms. The number of nitrogen functional groups attached to an aromatic ring is 1. The third-order valence-electron chi connectivity index (χ3n) is 16.4. The second kappa shape index (κ2) is 38.4. The van der Waals surface area contributed by atoms with Crippen molar-refractivity contribution < 1.29 is 24.8 Å². The normalized spacial score (nSPS) is 10.8.